The Hall–Kier alpha value is -1.52. The zero-order valence-electron chi connectivity index (χ0n) is 12.1. The van der Waals surface area contributed by atoms with Gasteiger partial charge in [-0.1, -0.05) is 11.6 Å². The van der Waals surface area contributed by atoms with Crippen LogP contribution in [0.5, 0.6) is 0 Å². The molecule has 1 fully saturated rings. The number of carbonyl (C=O) groups is 1. The van der Waals surface area contributed by atoms with Crippen LogP contribution in [-0.2, 0) is 4.74 Å². The minimum absolute atomic E-state index is 0.109. The summed E-state index contributed by atoms with van der Waals surface area (Å²) >= 11 is 0. The van der Waals surface area contributed by atoms with Gasteiger partial charge in [0, 0.05) is 30.9 Å². The van der Waals surface area contributed by atoms with Crippen LogP contribution in [0.15, 0.2) is 23.2 Å². The number of rotatable bonds is 2. The molecule has 0 spiro atoms. The fourth-order valence-corrected chi connectivity index (χ4v) is 2.85. The number of aryl methyl sites for hydroxylation is 1. The van der Waals surface area contributed by atoms with Crippen molar-refractivity contribution in [1.29, 1.82) is 0 Å². The molecule has 106 valence electrons. The first kappa shape index (κ1) is 13.5. The van der Waals surface area contributed by atoms with Crippen LogP contribution in [0.1, 0.15) is 22.8 Å². The molecule has 4 heteroatoms. The number of aliphatic imine (C=N–C) groups is 1. The maximum atomic E-state index is 12.7. The smallest absolute Gasteiger partial charge is 0.175 e. The number of Topliss-reactive ketones (excluding diaryl/α,β-unsaturated/α-hetero) is 1. The van der Waals surface area contributed by atoms with Gasteiger partial charge in [0.2, 0.25) is 0 Å². The molecule has 0 N–H and O–H groups in total. The molecule has 1 aromatic rings. The lowest BCUT2D eigenvalue weighted by molar-refractivity contribution is 0.0338. The number of nitrogens with zero attached hydrogens (tertiary/aromatic N) is 2. The molecular formula is C16H20N2O2. The summed E-state index contributed by atoms with van der Waals surface area (Å²) in [4.78, 5) is 19.6. The third-order valence-corrected chi connectivity index (χ3v) is 4.08. The third-order valence-electron chi connectivity index (χ3n) is 4.08. The van der Waals surface area contributed by atoms with Gasteiger partial charge in [-0.15, -0.1) is 0 Å². The first-order valence-corrected chi connectivity index (χ1v) is 7.15. The van der Waals surface area contributed by atoms with Crippen LogP contribution >= 0.6 is 0 Å². The Kier molecular flexibility index (Phi) is 3.68. The zero-order valence-corrected chi connectivity index (χ0v) is 12.1. The number of hydrogen-bond acceptors (Lipinski definition) is 4. The fourth-order valence-electron chi connectivity index (χ4n) is 2.85. The van der Waals surface area contributed by atoms with E-state index in [9.17, 15) is 4.79 Å². The monoisotopic (exact) mass is 272 g/mol. The number of morpholine rings is 1. The Morgan fingerprint density at radius 1 is 1.30 bits per heavy atom. The van der Waals surface area contributed by atoms with Crippen LogP contribution in [0.4, 0.5) is 5.69 Å². The summed E-state index contributed by atoms with van der Waals surface area (Å²) in [5.74, 6) is 0.102. The lowest BCUT2D eigenvalue weighted by atomic mass is 9.88. The van der Waals surface area contributed by atoms with Crippen LogP contribution in [0.25, 0.3) is 0 Å². The van der Waals surface area contributed by atoms with Crippen LogP contribution in [0.2, 0.25) is 0 Å². The van der Waals surface area contributed by atoms with Gasteiger partial charge in [0.1, 0.15) is 0 Å². The van der Waals surface area contributed by atoms with Gasteiger partial charge in [-0.3, -0.25) is 14.7 Å². The molecule has 2 heterocycles. The maximum Gasteiger partial charge on any atom is 0.175 e. The normalized spacial score (nSPS) is 23.4. The molecule has 4 nitrogen and oxygen atoms in total. The van der Waals surface area contributed by atoms with Gasteiger partial charge in [-0.05, 0) is 26.0 Å². The van der Waals surface area contributed by atoms with Crippen molar-refractivity contribution in [1.82, 2.24) is 4.90 Å². The lowest BCUT2D eigenvalue weighted by Crippen LogP contribution is -2.43. The van der Waals surface area contributed by atoms with Gasteiger partial charge in [-0.2, -0.15) is 0 Å². The van der Waals surface area contributed by atoms with Gasteiger partial charge < -0.3 is 4.74 Å². The predicted molar refractivity (Wildman–Crippen MR) is 79.0 cm³/mol. The molecule has 20 heavy (non-hydrogen) atoms. The summed E-state index contributed by atoms with van der Waals surface area (Å²) in [6.45, 7) is 8.04. The van der Waals surface area contributed by atoms with Crippen LogP contribution in [-0.4, -0.2) is 49.2 Å². The van der Waals surface area contributed by atoms with Gasteiger partial charge in [0.05, 0.1) is 24.8 Å². The van der Waals surface area contributed by atoms with Crippen molar-refractivity contribution in [3.05, 3.63) is 29.3 Å². The van der Waals surface area contributed by atoms with Crippen LogP contribution in [0, 0.1) is 12.8 Å². The van der Waals surface area contributed by atoms with E-state index in [4.69, 9.17) is 4.74 Å². The van der Waals surface area contributed by atoms with Crippen molar-refractivity contribution in [3.63, 3.8) is 0 Å². The Morgan fingerprint density at radius 2 is 2.05 bits per heavy atom. The molecule has 0 aliphatic carbocycles. The molecule has 0 radical (unpaired) electrons. The van der Waals surface area contributed by atoms with Crippen molar-refractivity contribution >= 4 is 17.2 Å². The van der Waals surface area contributed by atoms with Gasteiger partial charge in [0.15, 0.2) is 5.78 Å². The highest BCUT2D eigenvalue weighted by atomic mass is 16.5. The van der Waals surface area contributed by atoms with Gasteiger partial charge in [0.25, 0.3) is 0 Å². The summed E-state index contributed by atoms with van der Waals surface area (Å²) in [5, 5.41) is 0. The van der Waals surface area contributed by atoms with Crippen molar-refractivity contribution in [2.24, 2.45) is 10.9 Å². The lowest BCUT2D eigenvalue weighted by Gasteiger charge is -2.31. The van der Waals surface area contributed by atoms with E-state index in [1.807, 2.05) is 32.0 Å². The molecule has 0 aromatic heterocycles. The highest BCUT2D eigenvalue weighted by Crippen LogP contribution is 2.30. The van der Waals surface area contributed by atoms with E-state index >= 15 is 0 Å². The Bertz CT molecular complexity index is 560. The SMILES string of the molecule is CC1=Nc2ccc(C)cc2C(=O)C1CN1CCOCC1. The van der Waals surface area contributed by atoms with E-state index in [0.717, 1.165) is 55.4 Å². The van der Waals surface area contributed by atoms with Gasteiger partial charge in [-0.25, -0.2) is 0 Å². The second-order valence-corrected chi connectivity index (χ2v) is 5.60. The number of carbonyl (C=O) groups excluding carboxylic acids is 1. The highest BCUT2D eigenvalue weighted by Gasteiger charge is 2.31. The summed E-state index contributed by atoms with van der Waals surface area (Å²) in [7, 11) is 0. The Morgan fingerprint density at radius 3 is 2.80 bits per heavy atom. The standard InChI is InChI=1S/C16H20N2O2/c1-11-3-4-15-13(9-11)16(19)14(12(2)17-15)10-18-5-7-20-8-6-18/h3-4,9,14H,5-8,10H2,1-2H3. The van der Waals surface area contributed by atoms with Crippen molar-refractivity contribution in [2.75, 3.05) is 32.8 Å². The number of fused-ring (bicyclic) bond motifs is 1. The summed E-state index contributed by atoms with van der Waals surface area (Å²) in [6.07, 6.45) is 0. The minimum Gasteiger partial charge on any atom is -0.379 e. The second kappa shape index (κ2) is 5.46. The first-order chi connectivity index (χ1) is 9.65. The molecule has 1 aromatic carbocycles. The molecule has 2 aliphatic rings. The molecule has 1 atom stereocenters. The van der Waals surface area contributed by atoms with Crippen LogP contribution in [0.3, 0.4) is 0 Å². The largest absolute Gasteiger partial charge is 0.379 e. The molecule has 2 aliphatic heterocycles. The number of hydrogen-bond donors (Lipinski definition) is 0. The molecule has 3 rings (SSSR count). The molecule has 0 amide bonds. The van der Waals surface area contributed by atoms with E-state index < -0.39 is 0 Å². The third kappa shape index (κ3) is 2.53. The van der Waals surface area contributed by atoms with Crippen molar-refractivity contribution in [3.8, 4) is 0 Å². The van der Waals surface area contributed by atoms with Gasteiger partial charge >= 0.3 is 0 Å². The number of ketones is 1. The molecule has 0 saturated carbocycles. The fraction of sp³-hybridized carbons (Fsp3) is 0.500. The second-order valence-electron chi connectivity index (χ2n) is 5.60. The van der Waals surface area contributed by atoms with Crippen LogP contribution < -0.4 is 0 Å². The quantitative estimate of drug-likeness (QED) is 0.829. The summed E-state index contributed by atoms with van der Waals surface area (Å²) < 4.78 is 5.36. The van der Waals surface area contributed by atoms with Crippen molar-refractivity contribution < 1.29 is 9.53 Å². The van der Waals surface area contributed by atoms with E-state index in [1.54, 1.807) is 0 Å². The molecule has 1 saturated heterocycles. The zero-order chi connectivity index (χ0) is 14.1. The topological polar surface area (TPSA) is 41.9 Å². The maximum absolute atomic E-state index is 12.7. The Labute approximate surface area is 119 Å². The molecule has 0 bridgehead atoms. The number of ether oxygens (including phenoxy) is 1. The predicted octanol–water partition coefficient (Wildman–Crippen LogP) is 2.23. The Balaban J connectivity index is 1.84. The average Bonchev–Trinajstić information content (AvgIpc) is 2.46. The van der Waals surface area contributed by atoms with E-state index in [2.05, 4.69) is 9.89 Å². The number of benzene rings is 1. The average molecular weight is 272 g/mol. The first-order valence-electron chi connectivity index (χ1n) is 7.15. The van der Waals surface area contributed by atoms with E-state index in [-0.39, 0.29) is 11.7 Å². The minimum atomic E-state index is -0.109. The summed E-state index contributed by atoms with van der Waals surface area (Å²) in [6, 6.07) is 5.90. The summed E-state index contributed by atoms with van der Waals surface area (Å²) in [5.41, 5.74) is 3.63. The molecule has 1 unspecified atom stereocenters. The van der Waals surface area contributed by atoms with Crippen molar-refractivity contribution in [2.45, 2.75) is 13.8 Å². The van der Waals surface area contributed by atoms with E-state index in [0.29, 0.717) is 0 Å². The highest BCUT2D eigenvalue weighted by molar-refractivity contribution is 6.17. The molecular weight excluding hydrogens is 252 g/mol. The van der Waals surface area contributed by atoms with E-state index in [1.165, 1.54) is 0 Å².